The number of benzene rings is 1. The van der Waals surface area contributed by atoms with Gasteiger partial charge in [-0.2, -0.15) is 4.31 Å². The highest BCUT2D eigenvalue weighted by Gasteiger charge is 2.58. The Labute approximate surface area is 202 Å². The molecule has 7 heteroatoms. The lowest BCUT2D eigenvalue weighted by Gasteiger charge is -2.47. The molecule has 2 fully saturated rings. The van der Waals surface area contributed by atoms with Crippen LogP contribution in [0.25, 0.3) is 0 Å². The lowest BCUT2D eigenvalue weighted by atomic mass is 9.78. The molecule has 1 heterocycles. The molecule has 3 rings (SSSR count). The SMILES string of the molecule is CC[Si](CC)(CC)[C@H]1C[C@H](C(=O)OC)[C@H]2C[C@H](C(C)C)N(S(=O)(=O)c3ccc(C)cc3)C[C@@H]21. The third kappa shape index (κ3) is 4.70. The minimum atomic E-state index is -3.61. The molecule has 0 aromatic heterocycles. The molecule has 5 nitrogen and oxygen atoms in total. The summed E-state index contributed by atoms with van der Waals surface area (Å²) in [6.45, 7) is 13.6. The standard InChI is InChI=1S/C26H43NO4SSi/c1-8-33(9-2,10-3)25-16-22(26(28)31-7)21-15-24(18(4)5)27(17-23(21)25)32(29,30)20-13-11-19(6)12-14-20/h11-14,18,21-25H,8-10,15-17H2,1-7H3/t21-,22+,23+,24-,25+/m1/s1. The Bertz CT molecular complexity index is 918. The molecule has 1 saturated heterocycles. The van der Waals surface area contributed by atoms with Crippen molar-refractivity contribution in [2.24, 2.45) is 23.7 Å². The summed E-state index contributed by atoms with van der Waals surface area (Å²) in [5.41, 5.74) is 1.50. The molecule has 33 heavy (non-hydrogen) atoms. The number of carbonyl (C=O) groups excluding carboxylic acids is 1. The van der Waals surface area contributed by atoms with Crippen molar-refractivity contribution in [3.05, 3.63) is 29.8 Å². The van der Waals surface area contributed by atoms with Gasteiger partial charge in [0.1, 0.15) is 0 Å². The van der Waals surface area contributed by atoms with E-state index in [-0.39, 0.29) is 35.7 Å². The van der Waals surface area contributed by atoms with Gasteiger partial charge in [-0.05, 0) is 55.2 Å². The molecule has 186 valence electrons. The van der Waals surface area contributed by atoms with Gasteiger partial charge in [0, 0.05) is 12.6 Å². The second-order valence-corrected chi connectivity index (χ2v) is 18.1. The molecule has 2 aliphatic rings. The van der Waals surface area contributed by atoms with E-state index in [1.54, 1.807) is 16.4 Å². The van der Waals surface area contributed by atoms with Crippen LogP contribution in [-0.2, 0) is 19.6 Å². The lowest BCUT2D eigenvalue weighted by molar-refractivity contribution is -0.147. The van der Waals surface area contributed by atoms with Crippen molar-refractivity contribution in [2.45, 2.75) is 89.0 Å². The van der Waals surface area contributed by atoms with E-state index >= 15 is 0 Å². The molecule has 0 unspecified atom stereocenters. The Kier molecular flexibility index (Phi) is 8.17. The van der Waals surface area contributed by atoms with Gasteiger partial charge in [0.05, 0.1) is 26.0 Å². The highest BCUT2D eigenvalue weighted by Crippen LogP contribution is 2.58. The van der Waals surface area contributed by atoms with Crippen LogP contribution in [0, 0.1) is 30.6 Å². The molecule has 0 amide bonds. The van der Waals surface area contributed by atoms with E-state index in [4.69, 9.17) is 4.74 Å². The van der Waals surface area contributed by atoms with Crippen molar-refractivity contribution in [3.63, 3.8) is 0 Å². The van der Waals surface area contributed by atoms with E-state index in [9.17, 15) is 13.2 Å². The first-order chi connectivity index (χ1) is 15.6. The number of carbonyl (C=O) groups is 1. The molecule has 0 bridgehead atoms. The summed E-state index contributed by atoms with van der Waals surface area (Å²) in [4.78, 5) is 13.3. The summed E-state index contributed by atoms with van der Waals surface area (Å²) >= 11 is 0. The van der Waals surface area contributed by atoms with Crippen molar-refractivity contribution in [1.29, 1.82) is 0 Å². The molecule has 1 aliphatic carbocycles. The van der Waals surface area contributed by atoms with E-state index in [1.165, 1.54) is 25.2 Å². The van der Waals surface area contributed by atoms with Gasteiger partial charge in [-0.25, -0.2) is 8.42 Å². The fourth-order valence-electron chi connectivity index (χ4n) is 6.95. The summed E-state index contributed by atoms with van der Waals surface area (Å²) in [5, 5.41) is 0. The highest BCUT2D eigenvalue weighted by molar-refractivity contribution is 7.89. The summed E-state index contributed by atoms with van der Waals surface area (Å²) in [5.74, 6) is 0.406. The maximum atomic E-state index is 13.9. The summed E-state index contributed by atoms with van der Waals surface area (Å²) < 4.78 is 34.8. The van der Waals surface area contributed by atoms with Gasteiger partial charge in [0.2, 0.25) is 10.0 Å². The van der Waals surface area contributed by atoms with Crippen molar-refractivity contribution >= 4 is 24.1 Å². The van der Waals surface area contributed by atoms with Crippen LogP contribution in [0.15, 0.2) is 29.2 Å². The van der Waals surface area contributed by atoms with Gasteiger partial charge in [-0.15, -0.1) is 0 Å². The first-order valence-corrected chi connectivity index (χ1v) is 16.9. The van der Waals surface area contributed by atoms with Crippen LogP contribution in [-0.4, -0.2) is 46.5 Å². The van der Waals surface area contributed by atoms with Gasteiger partial charge in [-0.1, -0.05) is 70.4 Å². The molecule has 1 aromatic carbocycles. The zero-order valence-corrected chi connectivity index (χ0v) is 23.3. The van der Waals surface area contributed by atoms with Crippen LogP contribution >= 0.6 is 0 Å². The van der Waals surface area contributed by atoms with E-state index in [1.807, 2.05) is 19.1 Å². The van der Waals surface area contributed by atoms with E-state index in [0.717, 1.165) is 18.4 Å². The molecule has 1 saturated carbocycles. The number of rotatable bonds is 8. The minimum absolute atomic E-state index is 0.101. The van der Waals surface area contributed by atoms with Crippen molar-refractivity contribution in [1.82, 2.24) is 4.31 Å². The van der Waals surface area contributed by atoms with Crippen molar-refractivity contribution < 1.29 is 17.9 Å². The lowest BCUT2D eigenvalue weighted by Crippen LogP contribution is -2.54. The van der Waals surface area contributed by atoms with E-state index in [2.05, 4.69) is 34.6 Å². The number of nitrogens with zero attached hydrogens (tertiary/aromatic N) is 1. The Morgan fingerprint density at radius 3 is 2.12 bits per heavy atom. The highest BCUT2D eigenvalue weighted by atomic mass is 32.2. The fraction of sp³-hybridized carbons (Fsp3) is 0.731. The first-order valence-electron chi connectivity index (χ1n) is 12.7. The molecule has 1 aromatic rings. The molecule has 0 radical (unpaired) electrons. The number of piperidine rings is 1. The summed E-state index contributed by atoms with van der Waals surface area (Å²) in [6, 6.07) is 10.7. The number of ether oxygens (including phenoxy) is 1. The van der Waals surface area contributed by atoms with Gasteiger partial charge < -0.3 is 4.74 Å². The Hall–Kier alpha value is -1.18. The predicted octanol–water partition coefficient (Wildman–Crippen LogP) is 5.72. The average molecular weight is 494 g/mol. The fourth-order valence-corrected chi connectivity index (χ4v) is 13.8. The van der Waals surface area contributed by atoms with Crippen LogP contribution in [0.5, 0.6) is 0 Å². The zero-order chi connectivity index (χ0) is 24.6. The maximum absolute atomic E-state index is 13.9. The molecular formula is C26H43NO4SSi. The topological polar surface area (TPSA) is 63.7 Å². The van der Waals surface area contributed by atoms with Crippen LogP contribution in [0.3, 0.4) is 0 Å². The third-order valence-corrected chi connectivity index (χ3v) is 17.5. The van der Waals surface area contributed by atoms with Gasteiger partial charge in [0.25, 0.3) is 0 Å². The number of sulfonamides is 1. The van der Waals surface area contributed by atoms with Crippen LogP contribution in [0.2, 0.25) is 23.7 Å². The molecule has 0 N–H and O–H groups in total. The number of hydrogen-bond acceptors (Lipinski definition) is 4. The number of esters is 1. The predicted molar refractivity (Wildman–Crippen MR) is 136 cm³/mol. The van der Waals surface area contributed by atoms with Gasteiger partial charge >= 0.3 is 5.97 Å². The quantitative estimate of drug-likeness (QED) is 0.343. The van der Waals surface area contributed by atoms with Crippen LogP contribution in [0.1, 0.15) is 53.0 Å². The number of fused-ring (bicyclic) bond motifs is 1. The smallest absolute Gasteiger partial charge is 0.308 e. The van der Waals surface area contributed by atoms with Crippen molar-refractivity contribution in [2.75, 3.05) is 13.7 Å². The summed E-state index contributed by atoms with van der Waals surface area (Å²) in [7, 11) is -3.77. The Morgan fingerprint density at radius 1 is 1.06 bits per heavy atom. The minimum Gasteiger partial charge on any atom is -0.469 e. The Balaban J connectivity index is 2.07. The third-order valence-electron chi connectivity index (χ3n) is 9.17. The van der Waals surface area contributed by atoms with Gasteiger partial charge in [0.15, 0.2) is 0 Å². The number of methoxy groups -OCH3 is 1. The molecule has 5 atom stereocenters. The molecule has 0 spiro atoms. The van der Waals surface area contributed by atoms with Crippen LogP contribution < -0.4 is 0 Å². The molecule has 1 aliphatic heterocycles. The second kappa shape index (κ2) is 10.2. The Morgan fingerprint density at radius 2 is 1.64 bits per heavy atom. The normalized spacial score (nSPS) is 28.7. The number of hydrogen-bond donors (Lipinski definition) is 0. The van der Waals surface area contributed by atoms with E-state index < -0.39 is 18.1 Å². The van der Waals surface area contributed by atoms with Crippen LogP contribution in [0.4, 0.5) is 0 Å². The average Bonchev–Trinajstić information content (AvgIpc) is 3.19. The number of aryl methyl sites for hydroxylation is 1. The maximum Gasteiger partial charge on any atom is 0.308 e. The van der Waals surface area contributed by atoms with Crippen molar-refractivity contribution in [3.8, 4) is 0 Å². The van der Waals surface area contributed by atoms with E-state index in [0.29, 0.717) is 17.0 Å². The first kappa shape index (κ1) is 26.4. The second-order valence-electron chi connectivity index (χ2n) is 10.7. The summed E-state index contributed by atoms with van der Waals surface area (Å²) in [6.07, 6.45) is 1.61. The molecular weight excluding hydrogens is 450 g/mol. The largest absolute Gasteiger partial charge is 0.469 e. The zero-order valence-electron chi connectivity index (χ0n) is 21.5. The van der Waals surface area contributed by atoms with Gasteiger partial charge in [-0.3, -0.25) is 4.79 Å². The monoisotopic (exact) mass is 493 g/mol.